The van der Waals surface area contributed by atoms with Crippen molar-refractivity contribution in [3.8, 4) is 0 Å². The van der Waals surface area contributed by atoms with Gasteiger partial charge in [-0.25, -0.2) is 10.1 Å². The lowest BCUT2D eigenvalue weighted by molar-refractivity contribution is -1.06. The fourth-order valence-corrected chi connectivity index (χ4v) is 0.380. The molecular weight excluding hydrogens is 124 g/mol. The lowest BCUT2D eigenvalue weighted by atomic mass is 10.6. The average molecular weight is 136 g/mol. The zero-order valence-corrected chi connectivity index (χ0v) is 5.64. The number of hydrogen-bond acceptors (Lipinski definition) is 3. The van der Waals surface area contributed by atoms with Gasteiger partial charge in [-0.3, -0.25) is 0 Å². The highest BCUT2D eigenvalue weighted by Gasteiger charge is 1.95. The number of likely N-dealkylation sites (N-methyl/N-ethyl adjacent to an activating group) is 1. The zero-order valence-electron chi connectivity index (χ0n) is 5.64. The highest BCUT2D eigenvalue weighted by Crippen LogP contribution is 1.41. The van der Waals surface area contributed by atoms with E-state index in [1.165, 1.54) is 14.2 Å². The molecule has 56 valence electrons. The topological polar surface area (TPSA) is 64.2 Å². The minimum absolute atomic E-state index is 0.0143. The molecule has 5 nitrogen and oxygen atoms in total. The van der Waals surface area contributed by atoms with Gasteiger partial charge >= 0.3 is 0 Å². The Kier molecular flexibility index (Phi) is 4.55. The molecule has 0 radical (unpaired) electrons. The summed E-state index contributed by atoms with van der Waals surface area (Å²) in [5.74, 6) is 0. The normalized spacial score (nSPS) is 17.3. The summed E-state index contributed by atoms with van der Waals surface area (Å²) in [5, 5.41) is 20.3. The van der Waals surface area contributed by atoms with Gasteiger partial charge in [0.1, 0.15) is 6.54 Å². The van der Waals surface area contributed by atoms with Crippen LogP contribution >= 0.6 is 0 Å². The van der Waals surface area contributed by atoms with Gasteiger partial charge in [0.05, 0.1) is 14.2 Å². The summed E-state index contributed by atoms with van der Waals surface area (Å²) in [5.41, 5.74) is 0. The Morgan fingerprint density at radius 2 is 1.89 bits per heavy atom. The molecule has 0 spiro atoms. The molecule has 2 N–H and O–H groups in total. The Bertz CT molecular complexity index is 68.8. The van der Waals surface area contributed by atoms with E-state index in [-0.39, 0.29) is 23.4 Å². The van der Waals surface area contributed by atoms with E-state index in [1.807, 2.05) is 0 Å². The second kappa shape index (κ2) is 4.66. The van der Waals surface area contributed by atoms with Gasteiger partial charge in [0.2, 0.25) is 0 Å². The first-order chi connectivity index (χ1) is 4.16. The van der Waals surface area contributed by atoms with E-state index in [2.05, 4.69) is 4.84 Å². The molecule has 0 bridgehead atoms. The smallest absolute Gasteiger partial charge is 0.156 e. The first-order valence-corrected chi connectivity index (χ1v) is 2.73. The Hall–Kier alpha value is -0.200. The average Bonchev–Trinajstić information content (AvgIpc) is 1.83. The molecule has 2 unspecified atom stereocenters. The number of nitrogens with one attached hydrogen (secondary N) is 2. The molecule has 0 saturated carbocycles. The maximum Gasteiger partial charge on any atom is 0.156 e. The van der Waals surface area contributed by atoms with Crippen molar-refractivity contribution >= 4 is 0 Å². The molecule has 0 heterocycles. The van der Waals surface area contributed by atoms with Crippen molar-refractivity contribution < 1.29 is 15.1 Å². The second-order valence-electron chi connectivity index (χ2n) is 1.78. The maximum absolute atomic E-state index is 10.3. The van der Waals surface area contributed by atoms with Crippen LogP contribution in [-0.4, -0.2) is 27.2 Å². The molecule has 0 aromatic heterocycles. The summed E-state index contributed by atoms with van der Waals surface area (Å²) < 4.78 is 0. The van der Waals surface area contributed by atoms with Crippen LogP contribution in [0, 0.1) is 10.4 Å². The van der Waals surface area contributed by atoms with Crippen molar-refractivity contribution in [2.24, 2.45) is 0 Å². The highest BCUT2D eigenvalue weighted by molar-refractivity contribution is 4.18. The molecule has 9 heavy (non-hydrogen) atoms. The van der Waals surface area contributed by atoms with Crippen LogP contribution in [-0.2, 0) is 4.84 Å². The molecule has 0 amide bonds. The second-order valence-corrected chi connectivity index (χ2v) is 1.78. The van der Waals surface area contributed by atoms with Crippen molar-refractivity contribution in [1.82, 2.24) is 0 Å². The highest BCUT2D eigenvalue weighted by atomic mass is 16.9. The monoisotopic (exact) mass is 136 g/mol. The molecule has 0 aromatic rings. The van der Waals surface area contributed by atoms with E-state index in [4.69, 9.17) is 0 Å². The molecule has 0 aromatic carbocycles. The molecule has 0 rings (SSSR count). The Labute approximate surface area is 53.9 Å². The SMILES string of the molecule is CO[NH+]([O-])CC[NH+](C)[O-]. The summed E-state index contributed by atoms with van der Waals surface area (Å²) >= 11 is 0. The lowest BCUT2D eigenvalue weighted by Gasteiger charge is -2.21. The minimum Gasteiger partial charge on any atom is -0.634 e. The molecule has 2 atom stereocenters. The number of quaternary nitrogens is 2. The van der Waals surface area contributed by atoms with Crippen LogP contribution < -0.4 is 10.3 Å². The fraction of sp³-hybridized carbons (Fsp3) is 1.00. The Balaban J connectivity index is 3.06. The number of rotatable bonds is 4. The van der Waals surface area contributed by atoms with E-state index >= 15 is 0 Å². The van der Waals surface area contributed by atoms with E-state index in [9.17, 15) is 10.4 Å². The van der Waals surface area contributed by atoms with Gasteiger partial charge in [-0.05, 0) is 0 Å². The standard InChI is InChI=1S/C4H12N2O3/c1-5(7)3-4-6(8)9-2/h5-6H,3-4H2,1-2H3. The van der Waals surface area contributed by atoms with E-state index < -0.39 is 0 Å². The molecule has 0 aliphatic rings. The molecule has 5 heteroatoms. The van der Waals surface area contributed by atoms with Gasteiger partial charge in [-0.15, -0.1) is 0 Å². The van der Waals surface area contributed by atoms with Crippen LogP contribution in [0.1, 0.15) is 0 Å². The molecule has 0 saturated heterocycles. The summed E-state index contributed by atoms with van der Waals surface area (Å²) in [7, 11) is 2.76. The number of hydrogen-bond donors (Lipinski definition) is 2. The summed E-state index contributed by atoms with van der Waals surface area (Å²) in [4.78, 5) is 4.31. The molecule has 0 fully saturated rings. The Morgan fingerprint density at radius 1 is 1.33 bits per heavy atom. The molecule has 0 aliphatic heterocycles. The van der Waals surface area contributed by atoms with Gasteiger partial charge in [0.25, 0.3) is 0 Å². The third-order valence-electron chi connectivity index (χ3n) is 0.909. The Morgan fingerprint density at radius 3 is 2.22 bits per heavy atom. The predicted molar refractivity (Wildman–Crippen MR) is 31.3 cm³/mol. The first-order valence-electron chi connectivity index (χ1n) is 2.73. The predicted octanol–water partition coefficient (Wildman–Crippen LogP) is -3.06. The first kappa shape index (κ1) is 8.80. The quantitative estimate of drug-likeness (QED) is 0.403. The third kappa shape index (κ3) is 5.67. The van der Waals surface area contributed by atoms with Gasteiger partial charge in [-0.2, -0.15) is 0 Å². The van der Waals surface area contributed by atoms with Crippen LogP contribution in [0.3, 0.4) is 0 Å². The minimum atomic E-state index is -0.329. The maximum atomic E-state index is 10.3. The van der Waals surface area contributed by atoms with Crippen LogP contribution in [0.2, 0.25) is 0 Å². The zero-order chi connectivity index (χ0) is 7.28. The fourth-order valence-electron chi connectivity index (χ4n) is 0.380. The van der Waals surface area contributed by atoms with E-state index in [1.54, 1.807) is 0 Å². The van der Waals surface area contributed by atoms with Gasteiger partial charge < -0.3 is 15.5 Å². The van der Waals surface area contributed by atoms with Gasteiger partial charge in [0.15, 0.2) is 6.54 Å². The van der Waals surface area contributed by atoms with Crippen molar-refractivity contribution in [2.45, 2.75) is 0 Å². The molecular formula is C4H12N2O3. The van der Waals surface area contributed by atoms with Crippen LogP contribution in [0.15, 0.2) is 0 Å². The van der Waals surface area contributed by atoms with Crippen molar-refractivity contribution in [3.63, 3.8) is 0 Å². The summed E-state index contributed by atoms with van der Waals surface area (Å²) in [6, 6.07) is 0. The van der Waals surface area contributed by atoms with Crippen LogP contribution in [0.4, 0.5) is 0 Å². The van der Waals surface area contributed by atoms with Gasteiger partial charge in [0, 0.05) is 0 Å². The summed E-state index contributed by atoms with van der Waals surface area (Å²) in [6.45, 7) is 0.485. The van der Waals surface area contributed by atoms with Crippen LogP contribution in [0.25, 0.3) is 0 Å². The van der Waals surface area contributed by atoms with Crippen molar-refractivity contribution in [1.29, 1.82) is 0 Å². The lowest BCUT2D eigenvalue weighted by Crippen LogP contribution is -3.14. The van der Waals surface area contributed by atoms with E-state index in [0.717, 1.165) is 0 Å². The van der Waals surface area contributed by atoms with Gasteiger partial charge in [-0.1, -0.05) is 0 Å². The van der Waals surface area contributed by atoms with E-state index in [0.29, 0.717) is 0 Å². The number of hydroxylamine groups is 4. The van der Waals surface area contributed by atoms with Crippen LogP contribution in [0.5, 0.6) is 0 Å². The van der Waals surface area contributed by atoms with Crippen molar-refractivity contribution in [2.75, 3.05) is 27.2 Å². The largest absolute Gasteiger partial charge is 0.634 e. The van der Waals surface area contributed by atoms with Crippen molar-refractivity contribution in [3.05, 3.63) is 10.4 Å². The molecule has 0 aliphatic carbocycles. The third-order valence-corrected chi connectivity index (χ3v) is 0.909. The summed E-state index contributed by atoms with van der Waals surface area (Å²) in [6.07, 6.45) is 0.